The van der Waals surface area contributed by atoms with E-state index >= 15 is 0 Å². The molecular formula is C21H26N4O. The molecular weight excluding hydrogens is 324 g/mol. The molecule has 0 saturated heterocycles. The van der Waals surface area contributed by atoms with E-state index in [1.807, 2.05) is 7.05 Å². The Morgan fingerprint density at radius 3 is 2.46 bits per heavy atom. The number of nitrogens with two attached hydrogens (primary N) is 1. The van der Waals surface area contributed by atoms with Crippen molar-refractivity contribution >= 4 is 16.9 Å². The first-order valence-corrected chi connectivity index (χ1v) is 8.81. The van der Waals surface area contributed by atoms with Gasteiger partial charge < -0.3 is 10.3 Å². The van der Waals surface area contributed by atoms with Crippen molar-refractivity contribution in [3.8, 4) is 0 Å². The lowest BCUT2D eigenvalue weighted by Gasteiger charge is -2.21. The number of aromatic nitrogens is 2. The number of nitrogens with one attached hydrogen (secondary N) is 1. The van der Waals surface area contributed by atoms with E-state index in [4.69, 9.17) is 5.73 Å². The molecule has 1 heterocycles. The molecule has 0 radical (unpaired) electrons. The zero-order chi connectivity index (χ0) is 18.9. The van der Waals surface area contributed by atoms with Gasteiger partial charge in [-0.05, 0) is 50.5 Å². The van der Waals surface area contributed by atoms with E-state index < -0.39 is 5.54 Å². The molecule has 3 N–H and O–H groups in total. The number of aryl methyl sites for hydroxylation is 2. The van der Waals surface area contributed by atoms with Gasteiger partial charge in [-0.1, -0.05) is 35.9 Å². The summed E-state index contributed by atoms with van der Waals surface area (Å²) in [5.74, 6) is 0.499. The summed E-state index contributed by atoms with van der Waals surface area (Å²) in [6.45, 7) is 6.13. The van der Waals surface area contributed by atoms with E-state index in [1.165, 1.54) is 16.7 Å². The number of amides is 1. The van der Waals surface area contributed by atoms with Crippen LogP contribution >= 0.6 is 0 Å². The molecule has 0 fully saturated rings. The summed E-state index contributed by atoms with van der Waals surface area (Å²) in [6, 6.07) is 15.0. The number of benzene rings is 2. The second-order valence-electron chi connectivity index (χ2n) is 7.42. The first-order chi connectivity index (χ1) is 12.3. The van der Waals surface area contributed by atoms with Gasteiger partial charge in [0.05, 0.1) is 23.1 Å². The number of fused-ring (bicyclic) bond motifs is 1. The lowest BCUT2D eigenvalue weighted by molar-refractivity contribution is -0.123. The standard InChI is InChI=1S/C21H26N4O/c1-14-5-7-15(8-6-14)11-16-9-10-17-18(12-16)25(4)19(24-17)13-23-21(2,3)20(22)26/h5-10,12,23H,11,13H2,1-4H3,(H2,22,26). The summed E-state index contributed by atoms with van der Waals surface area (Å²) >= 11 is 0. The molecule has 1 amide bonds. The van der Waals surface area contributed by atoms with Gasteiger partial charge in [0, 0.05) is 7.05 Å². The van der Waals surface area contributed by atoms with Gasteiger partial charge in [0.1, 0.15) is 5.82 Å². The Morgan fingerprint density at radius 2 is 1.81 bits per heavy atom. The molecule has 3 aromatic rings. The Bertz CT molecular complexity index is 939. The van der Waals surface area contributed by atoms with Crippen molar-refractivity contribution in [2.24, 2.45) is 12.8 Å². The molecule has 3 rings (SSSR count). The summed E-state index contributed by atoms with van der Waals surface area (Å²) in [4.78, 5) is 16.2. The average molecular weight is 350 g/mol. The Hall–Kier alpha value is -2.66. The quantitative estimate of drug-likeness (QED) is 0.718. The van der Waals surface area contributed by atoms with Crippen LogP contribution in [0.2, 0.25) is 0 Å². The molecule has 0 saturated carbocycles. The van der Waals surface area contributed by atoms with E-state index in [9.17, 15) is 4.79 Å². The number of nitrogens with zero attached hydrogens (tertiary/aromatic N) is 2. The van der Waals surface area contributed by atoms with Crippen LogP contribution in [0.15, 0.2) is 42.5 Å². The first kappa shape index (κ1) is 18.1. The van der Waals surface area contributed by atoms with Crippen LogP contribution in [-0.4, -0.2) is 21.0 Å². The van der Waals surface area contributed by atoms with Crippen LogP contribution in [0.25, 0.3) is 11.0 Å². The van der Waals surface area contributed by atoms with Gasteiger partial charge in [-0.3, -0.25) is 10.1 Å². The molecule has 0 spiro atoms. The van der Waals surface area contributed by atoms with Crippen molar-refractivity contribution in [3.05, 3.63) is 65.0 Å². The zero-order valence-electron chi connectivity index (χ0n) is 15.8. The molecule has 0 aliphatic heterocycles. The maximum atomic E-state index is 11.5. The first-order valence-electron chi connectivity index (χ1n) is 8.81. The van der Waals surface area contributed by atoms with Crippen LogP contribution in [0.1, 0.15) is 36.4 Å². The lowest BCUT2D eigenvalue weighted by Crippen LogP contribution is -2.50. The van der Waals surface area contributed by atoms with Gasteiger partial charge >= 0.3 is 0 Å². The van der Waals surface area contributed by atoms with Crippen LogP contribution in [0.4, 0.5) is 0 Å². The van der Waals surface area contributed by atoms with Crippen LogP contribution in [-0.2, 0) is 24.8 Å². The number of rotatable bonds is 6. The second kappa shape index (κ2) is 6.92. The summed E-state index contributed by atoms with van der Waals surface area (Å²) < 4.78 is 2.07. The molecule has 5 nitrogen and oxygen atoms in total. The molecule has 0 aliphatic carbocycles. The van der Waals surface area contributed by atoms with E-state index in [-0.39, 0.29) is 5.91 Å². The fraction of sp³-hybridized carbons (Fsp3) is 0.333. The lowest BCUT2D eigenvalue weighted by atomic mass is 10.0. The van der Waals surface area contributed by atoms with Crippen molar-refractivity contribution < 1.29 is 4.79 Å². The maximum absolute atomic E-state index is 11.5. The number of carbonyl (C=O) groups excluding carboxylic acids is 1. The van der Waals surface area contributed by atoms with Crippen LogP contribution in [0.5, 0.6) is 0 Å². The van der Waals surface area contributed by atoms with Crippen molar-refractivity contribution in [2.45, 2.75) is 39.3 Å². The molecule has 0 aliphatic rings. The third kappa shape index (κ3) is 3.78. The highest BCUT2D eigenvalue weighted by Crippen LogP contribution is 2.20. The molecule has 0 bridgehead atoms. The topological polar surface area (TPSA) is 72.9 Å². The van der Waals surface area contributed by atoms with E-state index in [1.54, 1.807) is 13.8 Å². The fourth-order valence-electron chi connectivity index (χ4n) is 2.88. The minimum Gasteiger partial charge on any atom is -0.368 e. The van der Waals surface area contributed by atoms with Crippen LogP contribution < -0.4 is 11.1 Å². The van der Waals surface area contributed by atoms with E-state index in [0.717, 1.165) is 23.3 Å². The second-order valence-corrected chi connectivity index (χ2v) is 7.42. The Balaban J connectivity index is 1.82. The smallest absolute Gasteiger partial charge is 0.237 e. The SMILES string of the molecule is Cc1ccc(Cc2ccc3nc(CNC(C)(C)C(N)=O)n(C)c3c2)cc1. The summed E-state index contributed by atoms with van der Waals surface area (Å²) in [5.41, 5.74) is 10.5. The monoisotopic (exact) mass is 350 g/mol. The van der Waals surface area contributed by atoms with Crippen LogP contribution in [0, 0.1) is 6.92 Å². The highest BCUT2D eigenvalue weighted by molar-refractivity contribution is 5.83. The van der Waals surface area contributed by atoms with Gasteiger partial charge in [-0.25, -0.2) is 4.98 Å². The molecule has 26 heavy (non-hydrogen) atoms. The highest BCUT2D eigenvalue weighted by atomic mass is 16.1. The van der Waals surface area contributed by atoms with Gasteiger partial charge in [0.15, 0.2) is 0 Å². The van der Waals surface area contributed by atoms with Gasteiger partial charge in [-0.2, -0.15) is 0 Å². The minimum atomic E-state index is -0.769. The predicted octanol–water partition coefficient (Wildman–Crippen LogP) is 2.83. The Kier molecular flexibility index (Phi) is 4.83. The zero-order valence-corrected chi connectivity index (χ0v) is 15.8. The number of hydrogen-bond acceptors (Lipinski definition) is 3. The largest absolute Gasteiger partial charge is 0.368 e. The Labute approximate surface area is 154 Å². The normalized spacial score (nSPS) is 11.8. The summed E-state index contributed by atoms with van der Waals surface area (Å²) in [6.07, 6.45) is 0.893. The number of hydrogen-bond donors (Lipinski definition) is 2. The summed E-state index contributed by atoms with van der Waals surface area (Å²) in [7, 11) is 2.00. The van der Waals surface area contributed by atoms with Crippen LogP contribution in [0.3, 0.4) is 0 Å². The Morgan fingerprint density at radius 1 is 1.15 bits per heavy atom. The van der Waals surface area contributed by atoms with E-state index in [0.29, 0.717) is 6.54 Å². The predicted molar refractivity (Wildman–Crippen MR) is 105 cm³/mol. The minimum absolute atomic E-state index is 0.378. The molecule has 0 unspecified atom stereocenters. The van der Waals surface area contributed by atoms with Crippen molar-refractivity contribution in [1.82, 2.24) is 14.9 Å². The van der Waals surface area contributed by atoms with E-state index in [2.05, 4.69) is 64.3 Å². The summed E-state index contributed by atoms with van der Waals surface area (Å²) in [5, 5.41) is 3.18. The van der Waals surface area contributed by atoms with Gasteiger partial charge in [0.2, 0.25) is 5.91 Å². The van der Waals surface area contributed by atoms with Crippen molar-refractivity contribution in [1.29, 1.82) is 0 Å². The number of imidazole rings is 1. The van der Waals surface area contributed by atoms with Gasteiger partial charge in [0.25, 0.3) is 0 Å². The fourth-order valence-corrected chi connectivity index (χ4v) is 2.88. The van der Waals surface area contributed by atoms with Gasteiger partial charge in [-0.15, -0.1) is 0 Å². The van der Waals surface area contributed by atoms with Crippen molar-refractivity contribution in [3.63, 3.8) is 0 Å². The molecule has 5 heteroatoms. The van der Waals surface area contributed by atoms with Crippen molar-refractivity contribution in [2.75, 3.05) is 0 Å². The third-order valence-electron chi connectivity index (χ3n) is 4.87. The molecule has 136 valence electrons. The molecule has 0 atom stereocenters. The maximum Gasteiger partial charge on any atom is 0.237 e. The highest BCUT2D eigenvalue weighted by Gasteiger charge is 2.24. The average Bonchev–Trinajstić information content (AvgIpc) is 2.91. The molecule has 2 aromatic carbocycles. The third-order valence-corrected chi connectivity index (χ3v) is 4.87. The molecule has 1 aromatic heterocycles. The number of carbonyl (C=O) groups is 1. The number of primary amides is 1.